The molecule has 1 N–H and O–H groups in total. The summed E-state index contributed by atoms with van der Waals surface area (Å²) in [6.07, 6.45) is 0.248. The van der Waals surface area contributed by atoms with E-state index in [1.807, 2.05) is 44.2 Å². The van der Waals surface area contributed by atoms with Crippen molar-refractivity contribution in [1.82, 2.24) is 4.90 Å². The topological polar surface area (TPSA) is 83.9 Å². The molecule has 0 saturated heterocycles. The van der Waals surface area contributed by atoms with Crippen molar-refractivity contribution in [2.45, 2.75) is 39.8 Å². The lowest BCUT2D eigenvalue weighted by Crippen LogP contribution is -2.30. The summed E-state index contributed by atoms with van der Waals surface area (Å²) in [6.45, 7) is 6.07. The van der Waals surface area contributed by atoms with Crippen molar-refractivity contribution in [2.24, 2.45) is 5.92 Å². The molecule has 6 nitrogen and oxygen atoms in total. The Bertz CT molecular complexity index is 992. The normalized spacial score (nSPS) is 16.2. The summed E-state index contributed by atoms with van der Waals surface area (Å²) in [5.74, 6) is -1.59. The number of aliphatic hydroxyl groups excluding tert-OH is 1. The van der Waals surface area contributed by atoms with Gasteiger partial charge < -0.3 is 14.7 Å². The van der Waals surface area contributed by atoms with Crippen molar-refractivity contribution in [3.63, 3.8) is 0 Å². The van der Waals surface area contributed by atoms with Gasteiger partial charge >= 0.3 is 5.97 Å². The molecular weight excluding hydrogens is 394 g/mol. The molecule has 1 atom stereocenters. The molecular formula is C25H27NO5. The van der Waals surface area contributed by atoms with Gasteiger partial charge in [-0.15, -0.1) is 0 Å². The number of nitrogens with zero attached hydrogens (tertiary/aromatic N) is 1. The molecule has 2 aromatic carbocycles. The summed E-state index contributed by atoms with van der Waals surface area (Å²) in [5, 5.41) is 10.6. The van der Waals surface area contributed by atoms with Gasteiger partial charge in [0, 0.05) is 13.0 Å². The van der Waals surface area contributed by atoms with E-state index in [0.717, 1.165) is 11.1 Å². The SMILES string of the molecule is CCOC(=O)c1ccc(CN2C(=O)C(O)=C(C(=O)CC(C)C)C2c2ccccc2)cc1. The molecule has 0 aliphatic carbocycles. The average molecular weight is 421 g/mol. The zero-order valence-electron chi connectivity index (χ0n) is 18.0. The minimum absolute atomic E-state index is 0.101. The van der Waals surface area contributed by atoms with E-state index in [9.17, 15) is 19.5 Å². The van der Waals surface area contributed by atoms with Crippen LogP contribution in [-0.4, -0.2) is 34.3 Å². The highest BCUT2D eigenvalue weighted by Crippen LogP contribution is 2.39. The lowest BCUT2D eigenvalue weighted by atomic mass is 9.92. The second-order valence-electron chi connectivity index (χ2n) is 7.95. The number of amides is 1. The van der Waals surface area contributed by atoms with Crippen molar-refractivity contribution >= 4 is 17.7 Å². The van der Waals surface area contributed by atoms with Crippen LogP contribution in [0.2, 0.25) is 0 Å². The molecule has 1 aliphatic heterocycles. The van der Waals surface area contributed by atoms with E-state index < -0.39 is 23.7 Å². The zero-order chi connectivity index (χ0) is 22.5. The molecule has 0 spiro atoms. The van der Waals surface area contributed by atoms with E-state index in [-0.39, 0.29) is 30.2 Å². The largest absolute Gasteiger partial charge is 0.503 e. The van der Waals surface area contributed by atoms with Crippen molar-refractivity contribution in [1.29, 1.82) is 0 Å². The molecule has 0 saturated carbocycles. The number of Topliss-reactive ketones (excluding diaryl/α,β-unsaturated/α-hetero) is 1. The van der Waals surface area contributed by atoms with Crippen LogP contribution in [0.3, 0.4) is 0 Å². The minimum Gasteiger partial charge on any atom is -0.503 e. The number of benzene rings is 2. The monoisotopic (exact) mass is 421 g/mol. The van der Waals surface area contributed by atoms with E-state index in [2.05, 4.69) is 0 Å². The zero-order valence-corrected chi connectivity index (χ0v) is 18.0. The lowest BCUT2D eigenvalue weighted by Gasteiger charge is -2.27. The van der Waals surface area contributed by atoms with Gasteiger partial charge in [0.15, 0.2) is 11.5 Å². The Kier molecular flexibility index (Phi) is 6.90. The van der Waals surface area contributed by atoms with E-state index in [0.29, 0.717) is 12.2 Å². The molecule has 162 valence electrons. The smallest absolute Gasteiger partial charge is 0.338 e. The first-order valence-electron chi connectivity index (χ1n) is 10.4. The van der Waals surface area contributed by atoms with Gasteiger partial charge in [0.2, 0.25) is 0 Å². The third-order valence-electron chi connectivity index (χ3n) is 5.13. The molecule has 0 aromatic heterocycles. The van der Waals surface area contributed by atoms with Gasteiger partial charge in [0.1, 0.15) is 0 Å². The minimum atomic E-state index is -0.662. The molecule has 0 bridgehead atoms. The molecule has 0 radical (unpaired) electrons. The summed E-state index contributed by atoms with van der Waals surface area (Å²) < 4.78 is 5.00. The Hall–Kier alpha value is -3.41. The number of carbonyl (C=O) groups is 3. The number of aliphatic hydroxyl groups is 1. The van der Waals surface area contributed by atoms with E-state index in [1.54, 1.807) is 31.2 Å². The Labute approximate surface area is 182 Å². The third kappa shape index (κ3) is 4.85. The van der Waals surface area contributed by atoms with Crippen LogP contribution in [0.1, 0.15) is 54.7 Å². The van der Waals surface area contributed by atoms with Gasteiger partial charge in [-0.25, -0.2) is 4.79 Å². The van der Waals surface area contributed by atoms with E-state index >= 15 is 0 Å². The molecule has 3 rings (SSSR count). The first-order valence-corrected chi connectivity index (χ1v) is 10.4. The highest BCUT2D eigenvalue weighted by Gasteiger charge is 2.43. The number of hydrogen-bond acceptors (Lipinski definition) is 5. The number of carbonyl (C=O) groups excluding carboxylic acids is 3. The van der Waals surface area contributed by atoms with Gasteiger partial charge in [-0.05, 0) is 36.1 Å². The van der Waals surface area contributed by atoms with E-state index in [1.165, 1.54) is 4.90 Å². The van der Waals surface area contributed by atoms with Crippen molar-refractivity contribution in [3.8, 4) is 0 Å². The van der Waals surface area contributed by atoms with Crippen LogP contribution in [-0.2, 0) is 20.9 Å². The van der Waals surface area contributed by atoms with Gasteiger partial charge in [-0.1, -0.05) is 56.3 Å². The summed E-state index contributed by atoms with van der Waals surface area (Å²) >= 11 is 0. The van der Waals surface area contributed by atoms with Gasteiger partial charge in [-0.3, -0.25) is 9.59 Å². The summed E-state index contributed by atoms with van der Waals surface area (Å²) in [5.41, 5.74) is 2.10. The fourth-order valence-corrected chi connectivity index (χ4v) is 3.72. The molecule has 1 heterocycles. The van der Waals surface area contributed by atoms with Crippen LogP contribution in [0, 0.1) is 5.92 Å². The fourth-order valence-electron chi connectivity index (χ4n) is 3.72. The average Bonchev–Trinajstić information content (AvgIpc) is 2.99. The number of hydrogen-bond donors (Lipinski definition) is 1. The van der Waals surface area contributed by atoms with Crippen LogP contribution in [0.5, 0.6) is 0 Å². The van der Waals surface area contributed by atoms with Crippen LogP contribution in [0.25, 0.3) is 0 Å². The Morgan fingerprint density at radius 1 is 1.06 bits per heavy atom. The molecule has 0 fully saturated rings. The Morgan fingerprint density at radius 2 is 1.71 bits per heavy atom. The Balaban J connectivity index is 1.93. The predicted octanol–water partition coefficient (Wildman–Crippen LogP) is 4.37. The number of esters is 1. The van der Waals surface area contributed by atoms with Crippen molar-refractivity contribution in [2.75, 3.05) is 6.61 Å². The van der Waals surface area contributed by atoms with E-state index in [4.69, 9.17) is 4.74 Å². The van der Waals surface area contributed by atoms with Crippen LogP contribution in [0.15, 0.2) is 65.9 Å². The van der Waals surface area contributed by atoms with Gasteiger partial charge in [0.05, 0.1) is 23.8 Å². The third-order valence-corrected chi connectivity index (χ3v) is 5.13. The maximum atomic E-state index is 12.9. The second-order valence-corrected chi connectivity index (χ2v) is 7.95. The van der Waals surface area contributed by atoms with Gasteiger partial charge in [-0.2, -0.15) is 0 Å². The molecule has 1 unspecified atom stereocenters. The van der Waals surface area contributed by atoms with Crippen LogP contribution in [0.4, 0.5) is 0 Å². The number of ether oxygens (including phenoxy) is 1. The van der Waals surface area contributed by atoms with Crippen molar-refractivity contribution < 1.29 is 24.2 Å². The number of rotatable bonds is 8. The van der Waals surface area contributed by atoms with Crippen LogP contribution < -0.4 is 0 Å². The molecule has 1 amide bonds. The summed E-state index contributed by atoms with van der Waals surface area (Å²) in [6, 6.07) is 15.3. The van der Waals surface area contributed by atoms with Crippen LogP contribution >= 0.6 is 0 Å². The highest BCUT2D eigenvalue weighted by atomic mass is 16.5. The molecule has 6 heteroatoms. The maximum Gasteiger partial charge on any atom is 0.338 e. The Morgan fingerprint density at radius 3 is 2.29 bits per heavy atom. The second kappa shape index (κ2) is 9.60. The first-order chi connectivity index (χ1) is 14.8. The fraction of sp³-hybridized carbons (Fsp3) is 0.320. The molecule has 2 aromatic rings. The highest BCUT2D eigenvalue weighted by molar-refractivity contribution is 6.09. The quantitative estimate of drug-likeness (QED) is 0.640. The molecule has 1 aliphatic rings. The number of ketones is 1. The van der Waals surface area contributed by atoms with Gasteiger partial charge in [0.25, 0.3) is 5.91 Å². The van der Waals surface area contributed by atoms with Crippen molar-refractivity contribution in [3.05, 3.63) is 82.6 Å². The predicted molar refractivity (Wildman–Crippen MR) is 116 cm³/mol. The lowest BCUT2D eigenvalue weighted by molar-refractivity contribution is -0.130. The molecule has 31 heavy (non-hydrogen) atoms. The standard InChI is InChI=1S/C25H27NO5/c1-4-31-25(30)19-12-10-17(11-13-19)15-26-22(18-8-6-5-7-9-18)21(23(28)24(26)29)20(27)14-16(2)3/h5-13,16,22,28H,4,14-15H2,1-3H3. The summed E-state index contributed by atoms with van der Waals surface area (Å²) in [4.78, 5) is 39.2. The summed E-state index contributed by atoms with van der Waals surface area (Å²) in [7, 11) is 0. The first kappa shape index (κ1) is 22.3. The maximum absolute atomic E-state index is 12.9.